The number of rotatable bonds is 5. The normalized spacial score (nSPS) is 22.7. The standard InChI is InChI=1S/C25H34N6OS/c1-18-6-4-11-30(16-18)22-14-23(31-12-10-19-7-2-3-8-20(19)17-31)28-24(27-22)29-25(33)26-15-21-9-5-13-32-21/h2-3,7-8,14,18,21H,4-6,9-13,15-17H2,1H3,(H2,26,27,28,29,33)/t18-,21+/m0/s1. The monoisotopic (exact) mass is 466 g/mol. The molecule has 2 N–H and O–H groups in total. The van der Waals surface area contributed by atoms with Crippen LogP contribution >= 0.6 is 12.2 Å². The van der Waals surface area contributed by atoms with Crippen LogP contribution in [0.25, 0.3) is 0 Å². The lowest BCUT2D eigenvalue weighted by molar-refractivity contribution is 0.114. The predicted molar refractivity (Wildman–Crippen MR) is 137 cm³/mol. The summed E-state index contributed by atoms with van der Waals surface area (Å²) >= 11 is 5.56. The Morgan fingerprint density at radius 3 is 2.70 bits per heavy atom. The summed E-state index contributed by atoms with van der Waals surface area (Å²) in [4.78, 5) is 14.5. The van der Waals surface area contributed by atoms with Crippen molar-refractivity contribution in [2.24, 2.45) is 5.92 Å². The van der Waals surface area contributed by atoms with Gasteiger partial charge in [-0.15, -0.1) is 0 Å². The van der Waals surface area contributed by atoms with Crippen LogP contribution in [0.3, 0.4) is 0 Å². The van der Waals surface area contributed by atoms with E-state index in [4.69, 9.17) is 26.9 Å². The smallest absolute Gasteiger partial charge is 0.232 e. The summed E-state index contributed by atoms with van der Waals surface area (Å²) in [5.41, 5.74) is 2.81. The highest BCUT2D eigenvalue weighted by atomic mass is 32.1. The fourth-order valence-electron chi connectivity index (χ4n) is 5.05. The van der Waals surface area contributed by atoms with Gasteiger partial charge in [0.05, 0.1) is 6.10 Å². The van der Waals surface area contributed by atoms with Crippen LogP contribution in [0, 0.1) is 5.92 Å². The van der Waals surface area contributed by atoms with Crippen LogP contribution in [0.5, 0.6) is 0 Å². The van der Waals surface area contributed by atoms with Gasteiger partial charge in [-0.1, -0.05) is 31.2 Å². The van der Waals surface area contributed by atoms with Crippen molar-refractivity contribution in [3.05, 3.63) is 41.5 Å². The summed E-state index contributed by atoms with van der Waals surface area (Å²) in [6.07, 6.45) is 5.93. The molecule has 1 aromatic heterocycles. The molecule has 2 aromatic rings. The number of benzene rings is 1. The van der Waals surface area contributed by atoms with Crippen LogP contribution in [0.4, 0.5) is 17.6 Å². The second-order valence-electron chi connectivity index (χ2n) is 9.51. The molecule has 1 aromatic carbocycles. The summed E-state index contributed by atoms with van der Waals surface area (Å²) in [5, 5.41) is 7.07. The van der Waals surface area contributed by atoms with E-state index in [-0.39, 0.29) is 6.10 Å². The molecule has 4 heterocycles. The van der Waals surface area contributed by atoms with Gasteiger partial charge in [0.1, 0.15) is 11.6 Å². The molecule has 7 nitrogen and oxygen atoms in total. The van der Waals surface area contributed by atoms with E-state index in [1.165, 1.54) is 24.0 Å². The number of nitrogens with zero attached hydrogens (tertiary/aromatic N) is 4. The van der Waals surface area contributed by atoms with Gasteiger partial charge in [-0.05, 0) is 61.4 Å². The van der Waals surface area contributed by atoms with Gasteiger partial charge in [0.2, 0.25) is 5.95 Å². The Bertz CT molecular complexity index is 979. The fourth-order valence-corrected chi connectivity index (χ4v) is 5.22. The van der Waals surface area contributed by atoms with Gasteiger partial charge < -0.3 is 25.2 Å². The zero-order chi connectivity index (χ0) is 22.6. The number of ether oxygens (including phenoxy) is 1. The van der Waals surface area contributed by atoms with Crippen LogP contribution in [0.2, 0.25) is 0 Å². The first-order valence-corrected chi connectivity index (χ1v) is 12.7. The Morgan fingerprint density at radius 1 is 1.09 bits per heavy atom. The van der Waals surface area contributed by atoms with Crippen molar-refractivity contribution in [1.29, 1.82) is 0 Å². The highest BCUT2D eigenvalue weighted by Gasteiger charge is 2.23. The second-order valence-corrected chi connectivity index (χ2v) is 9.92. The van der Waals surface area contributed by atoms with Crippen molar-refractivity contribution < 1.29 is 4.74 Å². The summed E-state index contributed by atoms with van der Waals surface area (Å²) < 4.78 is 5.69. The third-order valence-corrected chi connectivity index (χ3v) is 7.12. The molecule has 3 aliphatic rings. The molecule has 3 aliphatic heterocycles. The van der Waals surface area contributed by atoms with Gasteiger partial charge in [-0.2, -0.15) is 9.97 Å². The molecular formula is C25H34N6OS. The molecule has 2 atom stereocenters. The van der Waals surface area contributed by atoms with Gasteiger partial charge >= 0.3 is 0 Å². The van der Waals surface area contributed by atoms with Crippen molar-refractivity contribution in [3.63, 3.8) is 0 Å². The molecule has 0 unspecified atom stereocenters. The first-order valence-electron chi connectivity index (χ1n) is 12.3. The number of anilines is 3. The minimum atomic E-state index is 0.232. The van der Waals surface area contributed by atoms with Crippen molar-refractivity contribution in [2.75, 3.05) is 47.9 Å². The molecule has 5 rings (SSSR count). The molecule has 0 saturated carbocycles. The lowest BCUT2D eigenvalue weighted by Gasteiger charge is -2.34. The van der Waals surface area contributed by atoms with E-state index < -0.39 is 0 Å². The predicted octanol–water partition coefficient (Wildman–Crippen LogP) is 3.74. The van der Waals surface area contributed by atoms with Crippen LogP contribution in [0.1, 0.15) is 43.7 Å². The van der Waals surface area contributed by atoms with Crippen molar-refractivity contribution in [2.45, 2.75) is 51.7 Å². The van der Waals surface area contributed by atoms with Gasteiger partial charge in [-0.25, -0.2) is 0 Å². The van der Waals surface area contributed by atoms with Gasteiger partial charge in [0, 0.05) is 45.4 Å². The molecule has 0 bridgehead atoms. The number of nitrogens with one attached hydrogen (secondary N) is 2. The van der Waals surface area contributed by atoms with Crippen LogP contribution < -0.4 is 20.4 Å². The lowest BCUT2D eigenvalue weighted by Crippen LogP contribution is -2.37. The second kappa shape index (κ2) is 10.2. The maximum Gasteiger partial charge on any atom is 0.232 e. The van der Waals surface area contributed by atoms with Gasteiger partial charge in [0.25, 0.3) is 0 Å². The first kappa shape index (κ1) is 22.3. The molecule has 176 valence electrons. The molecule has 0 amide bonds. The number of hydrogen-bond donors (Lipinski definition) is 2. The van der Waals surface area contributed by atoms with E-state index in [1.54, 1.807) is 0 Å². The third-order valence-electron chi connectivity index (χ3n) is 6.87. The molecule has 33 heavy (non-hydrogen) atoms. The zero-order valence-electron chi connectivity index (χ0n) is 19.4. The minimum Gasteiger partial charge on any atom is -0.376 e. The largest absolute Gasteiger partial charge is 0.376 e. The average Bonchev–Trinajstić information content (AvgIpc) is 3.36. The molecule has 0 radical (unpaired) electrons. The summed E-state index contributed by atoms with van der Waals surface area (Å²) in [5.74, 6) is 3.17. The minimum absolute atomic E-state index is 0.232. The Labute approximate surface area is 201 Å². The molecular weight excluding hydrogens is 432 g/mol. The molecule has 0 aliphatic carbocycles. The van der Waals surface area contributed by atoms with E-state index in [0.29, 0.717) is 23.5 Å². The lowest BCUT2D eigenvalue weighted by atomic mass is 10.00. The van der Waals surface area contributed by atoms with Crippen molar-refractivity contribution in [3.8, 4) is 0 Å². The zero-order valence-corrected chi connectivity index (χ0v) is 20.2. The topological polar surface area (TPSA) is 65.5 Å². The quantitative estimate of drug-likeness (QED) is 0.646. The number of fused-ring (bicyclic) bond motifs is 1. The molecule has 2 fully saturated rings. The number of thiocarbonyl (C=S) groups is 1. The first-order chi connectivity index (χ1) is 16.1. The average molecular weight is 467 g/mol. The summed E-state index contributed by atoms with van der Waals surface area (Å²) in [6, 6.07) is 10.9. The van der Waals surface area contributed by atoms with E-state index in [0.717, 1.165) is 63.7 Å². The highest BCUT2D eigenvalue weighted by Crippen LogP contribution is 2.29. The van der Waals surface area contributed by atoms with Crippen LogP contribution in [-0.4, -0.2) is 54.0 Å². The summed E-state index contributed by atoms with van der Waals surface area (Å²) in [6.45, 7) is 7.75. The Morgan fingerprint density at radius 2 is 1.91 bits per heavy atom. The number of piperidine rings is 1. The molecule has 0 spiro atoms. The Kier molecular flexibility index (Phi) is 6.92. The number of aromatic nitrogens is 2. The third kappa shape index (κ3) is 5.55. The van der Waals surface area contributed by atoms with Crippen molar-refractivity contribution >= 4 is 34.9 Å². The van der Waals surface area contributed by atoms with E-state index in [1.807, 2.05) is 0 Å². The Balaban J connectivity index is 1.35. The molecule has 2 saturated heterocycles. The van der Waals surface area contributed by atoms with Crippen LogP contribution in [-0.2, 0) is 17.7 Å². The summed E-state index contributed by atoms with van der Waals surface area (Å²) in [7, 11) is 0. The SMILES string of the molecule is C[C@H]1CCCN(c2cc(N3CCc4ccccc4C3)nc(NC(=S)NC[C@H]3CCCO3)n2)C1. The fraction of sp³-hybridized carbons (Fsp3) is 0.560. The maximum absolute atomic E-state index is 5.69. The van der Waals surface area contributed by atoms with E-state index in [9.17, 15) is 0 Å². The van der Waals surface area contributed by atoms with E-state index in [2.05, 4.69) is 57.7 Å². The van der Waals surface area contributed by atoms with Gasteiger partial charge in [-0.3, -0.25) is 0 Å². The van der Waals surface area contributed by atoms with E-state index >= 15 is 0 Å². The van der Waals surface area contributed by atoms with Gasteiger partial charge in [0.15, 0.2) is 5.11 Å². The maximum atomic E-state index is 5.69. The van der Waals surface area contributed by atoms with Crippen LogP contribution in [0.15, 0.2) is 30.3 Å². The van der Waals surface area contributed by atoms with Crippen molar-refractivity contribution in [1.82, 2.24) is 15.3 Å². The number of hydrogen-bond acceptors (Lipinski definition) is 6. The Hall–Kier alpha value is -2.45. The molecule has 8 heteroatoms. The highest BCUT2D eigenvalue weighted by molar-refractivity contribution is 7.80.